The molecule has 1 amide bonds. The lowest BCUT2D eigenvalue weighted by molar-refractivity contribution is -0.118. The van der Waals surface area contributed by atoms with Gasteiger partial charge in [0.15, 0.2) is 5.78 Å². The number of carbonyl (C=O) groups excluding carboxylic acids is 2. The third-order valence-electron chi connectivity index (χ3n) is 2.68. The van der Waals surface area contributed by atoms with Crippen molar-refractivity contribution in [3.05, 3.63) is 29.8 Å². The fraction of sp³-hybridized carbons (Fsp3) is 0.500. The van der Waals surface area contributed by atoms with Crippen molar-refractivity contribution in [1.82, 2.24) is 5.32 Å². The first-order valence-electron chi connectivity index (χ1n) is 6.91. The molecule has 5 nitrogen and oxygen atoms in total. The summed E-state index contributed by atoms with van der Waals surface area (Å²) in [5.41, 5.74) is 0.498. The number of hydrogen-bond acceptors (Lipinski definition) is 4. The number of Topliss-reactive ketones (excluding diaryl/α,β-unsaturated/α-hetero) is 1. The summed E-state index contributed by atoms with van der Waals surface area (Å²) in [5.74, 6) is 0.758. The van der Waals surface area contributed by atoms with E-state index < -0.39 is 11.7 Å². The maximum atomic E-state index is 11.7. The summed E-state index contributed by atoms with van der Waals surface area (Å²) < 4.78 is 10.1. The molecule has 0 spiro atoms. The van der Waals surface area contributed by atoms with Gasteiger partial charge in [0.1, 0.15) is 11.4 Å². The molecule has 0 heterocycles. The predicted octanol–water partition coefficient (Wildman–Crippen LogP) is 2.72. The minimum atomic E-state index is -0.569. The summed E-state index contributed by atoms with van der Waals surface area (Å²) in [6, 6.07) is 7.57. The number of amides is 1. The SMILES string of the molecule is COc1ccc(CCC(=O)CNC(=O)OC(C)(C)C)cc1. The molecule has 0 radical (unpaired) electrons. The zero-order valence-corrected chi connectivity index (χ0v) is 13.1. The Morgan fingerprint density at radius 2 is 1.76 bits per heavy atom. The minimum Gasteiger partial charge on any atom is -0.497 e. The van der Waals surface area contributed by atoms with Crippen molar-refractivity contribution >= 4 is 11.9 Å². The zero-order valence-electron chi connectivity index (χ0n) is 13.1. The molecule has 116 valence electrons. The van der Waals surface area contributed by atoms with Gasteiger partial charge in [0.25, 0.3) is 0 Å². The summed E-state index contributed by atoms with van der Waals surface area (Å²) in [7, 11) is 1.61. The molecule has 0 saturated heterocycles. The van der Waals surface area contributed by atoms with Gasteiger partial charge in [-0.2, -0.15) is 0 Å². The Kier molecular flexibility index (Phi) is 6.21. The van der Waals surface area contributed by atoms with Gasteiger partial charge in [-0.05, 0) is 44.9 Å². The molecule has 0 aliphatic heterocycles. The van der Waals surface area contributed by atoms with Crippen LogP contribution in [0.2, 0.25) is 0 Å². The van der Waals surface area contributed by atoms with Gasteiger partial charge in [0, 0.05) is 6.42 Å². The quantitative estimate of drug-likeness (QED) is 0.876. The lowest BCUT2D eigenvalue weighted by Gasteiger charge is -2.19. The number of alkyl carbamates (subject to hydrolysis) is 1. The highest BCUT2D eigenvalue weighted by Crippen LogP contribution is 2.12. The van der Waals surface area contributed by atoms with E-state index in [0.29, 0.717) is 12.8 Å². The lowest BCUT2D eigenvalue weighted by Crippen LogP contribution is -2.35. The van der Waals surface area contributed by atoms with Crippen LogP contribution in [0.25, 0.3) is 0 Å². The number of carbonyl (C=O) groups is 2. The highest BCUT2D eigenvalue weighted by Gasteiger charge is 2.16. The average molecular weight is 293 g/mol. The van der Waals surface area contributed by atoms with Crippen molar-refractivity contribution in [2.45, 2.75) is 39.2 Å². The standard InChI is InChI=1S/C16H23NO4/c1-16(2,3)21-15(19)17-11-13(18)8-5-12-6-9-14(20-4)10-7-12/h6-7,9-10H,5,8,11H2,1-4H3,(H,17,19). The van der Waals surface area contributed by atoms with Gasteiger partial charge < -0.3 is 14.8 Å². The highest BCUT2D eigenvalue weighted by molar-refractivity contribution is 5.84. The zero-order chi connectivity index (χ0) is 15.9. The second-order valence-corrected chi connectivity index (χ2v) is 5.74. The summed E-state index contributed by atoms with van der Waals surface area (Å²) in [5, 5.41) is 2.46. The van der Waals surface area contributed by atoms with E-state index in [1.807, 2.05) is 24.3 Å². The minimum absolute atomic E-state index is 0.00886. The molecule has 5 heteroatoms. The maximum absolute atomic E-state index is 11.7. The van der Waals surface area contributed by atoms with Crippen LogP contribution in [0.15, 0.2) is 24.3 Å². The highest BCUT2D eigenvalue weighted by atomic mass is 16.6. The second kappa shape index (κ2) is 7.67. The Bertz CT molecular complexity index is 474. The van der Waals surface area contributed by atoms with E-state index in [1.165, 1.54) is 0 Å². The van der Waals surface area contributed by atoms with Crippen molar-refractivity contribution in [2.24, 2.45) is 0 Å². The van der Waals surface area contributed by atoms with Crippen LogP contribution in [0.3, 0.4) is 0 Å². The van der Waals surface area contributed by atoms with Gasteiger partial charge in [0.2, 0.25) is 0 Å². The van der Waals surface area contributed by atoms with Crippen molar-refractivity contribution in [2.75, 3.05) is 13.7 Å². The smallest absolute Gasteiger partial charge is 0.408 e. The number of ether oxygens (including phenoxy) is 2. The number of aryl methyl sites for hydroxylation is 1. The van der Waals surface area contributed by atoms with E-state index >= 15 is 0 Å². The second-order valence-electron chi connectivity index (χ2n) is 5.74. The third kappa shape index (κ3) is 7.34. The molecule has 0 aliphatic carbocycles. The molecule has 0 unspecified atom stereocenters. The van der Waals surface area contributed by atoms with Crippen LogP contribution < -0.4 is 10.1 Å². The van der Waals surface area contributed by atoms with Crippen LogP contribution >= 0.6 is 0 Å². The Morgan fingerprint density at radius 1 is 1.14 bits per heavy atom. The van der Waals surface area contributed by atoms with Gasteiger partial charge in [0.05, 0.1) is 13.7 Å². The number of rotatable bonds is 6. The van der Waals surface area contributed by atoms with E-state index in [1.54, 1.807) is 27.9 Å². The summed E-state index contributed by atoms with van der Waals surface area (Å²) in [4.78, 5) is 23.1. The lowest BCUT2D eigenvalue weighted by atomic mass is 10.1. The normalized spacial score (nSPS) is 10.9. The van der Waals surface area contributed by atoms with Crippen LogP contribution in [0.4, 0.5) is 4.79 Å². The Hall–Kier alpha value is -2.04. The molecule has 1 rings (SSSR count). The molecule has 0 saturated carbocycles. The third-order valence-corrected chi connectivity index (χ3v) is 2.68. The van der Waals surface area contributed by atoms with Crippen molar-refractivity contribution in [3.63, 3.8) is 0 Å². The number of benzene rings is 1. The van der Waals surface area contributed by atoms with Crippen LogP contribution in [-0.2, 0) is 16.0 Å². The van der Waals surface area contributed by atoms with Crippen molar-refractivity contribution < 1.29 is 19.1 Å². The van der Waals surface area contributed by atoms with Gasteiger partial charge in [-0.15, -0.1) is 0 Å². The maximum Gasteiger partial charge on any atom is 0.408 e. The topological polar surface area (TPSA) is 64.6 Å². The Morgan fingerprint density at radius 3 is 2.29 bits per heavy atom. The first-order chi connectivity index (χ1) is 9.80. The monoisotopic (exact) mass is 293 g/mol. The fourth-order valence-corrected chi connectivity index (χ4v) is 1.65. The molecule has 0 atom stereocenters. The Labute approximate surface area is 125 Å². The van der Waals surface area contributed by atoms with E-state index in [0.717, 1.165) is 11.3 Å². The molecule has 0 fully saturated rings. The molecule has 0 aliphatic rings. The molecule has 21 heavy (non-hydrogen) atoms. The summed E-state index contributed by atoms with van der Waals surface area (Å²) in [6.45, 7) is 5.32. The summed E-state index contributed by atoms with van der Waals surface area (Å²) in [6.07, 6.45) is 0.446. The van der Waals surface area contributed by atoms with Crippen LogP contribution in [0.1, 0.15) is 32.8 Å². The molecule has 0 aromatic heterocycles. The van der Waals surface area contributed by atoms with Gasteiger partial charge in [-0.3, -0.25) is 4.79 Å². The molecule has 1 aromatic carbocycles. The van der Waals surface area contributed by atoms with Crippen molar-refractivity contribution in [1.29, 1.82) is 0 Å². The van der Waals surface area contributed by atoms with Crippen molar-refractivity contribution in [3.8, 4) is 5.75 Å². The van der Waals surface area contributed by atoms with Crippen LogP contribution in [-0.4, -0.2) is 31.1 Å². The molecule has 1 N–H and O–H groups in total. The molecular formula is C16H23NO4. The van der Waals surface area contributed by atoms with Gasteiger partial charge >= 0.3 is 6.09 Å². The number of methoxy groups -OCH3 is 1. The summed E-state index contributed by atoms with van der Waals surface area (Å²) >= 11 is 0. The van der Waals surface area contributed by atoms with E-state index in [4.69, 9.17) is 9.47 Å². The van der Waals surface area contributed by atoms with Crippen LogP contribution in [0, 0.1) is 0 Å². The fourth-order valence-electron chi connectivity index (χ4n) is 1.65. The van der Waals surface area contributed by atoms with Gasteiger partial charge in [-0.25, -0.2) is 4.79 Å². The first kappa shape index (κ1) is 17.0. The van der Waals surface area contributed by atoms with E-state index in [-0.39, 0.29) is 12.3 Å². The molecular weight excluding hydrogens is 270 g/mol. The Balaban J connectivity index is 2.29. The predicted molar refractivity (Wildman–Crippen MR) is 80.6 cm³/mol. The first-order valence-corrected chi connectivity index (χ1v) is 6.91. The van der Waals surface area contributed by atoms with E-state index in [9.17, 15) is 9.59 Å². The number of nitrogens with one attached hydrogen (secondary N) is 1. The van der Waals surface area contributed by atoms with Gasteiger partial charge in [-0.1, -0.05) is 12.1 Å². The molecule has 1 aromatic rings. The number of hydrogen-bond donors (Lipinski definition) is 1. The van der Waals surface area contributed by atoms with Crippen LogP contribution in [0.5, 0.6) is 5.75 Å². The average Bonchev–Trinajstić information content (AvgIpc) is 2.41. The number of ketones is 1. The van der Waals surface area contributed by atoms with E-state index in [2.05, 4.69) is 5.32 Å². The molecule has 0 bridgehead atoms. The largest absolute Gasteiger partial charge is 0.497 e.